The molecule has 1 fully saturated rings. The summed E-state index contributed by atoms with van der Waals surface area (Å²) in [6.07, 6.45) is 4.38. The quantitative estimate of drug-likeness (QED) is 0.807. The molecule has 98 valence electrons. The maximum atomic E-state index is 12.0. The molecule has 1 unspecified atom stereocenters. The second-order valence-corrected chi connectivity index (χ2v) is 5.79. The van der Waals surface area contributed by atoms with Crippen molar-refractivity contribution in [1.82, 2.24) is 0 Å². The van der Waals surface area contributed by atoms with E-state index < -0.39 is 0 Å². The van der Waals surface area contributed by atoms with E-state index in [4.69, 9.17) is 5.73 Å². The van der Waals surface area contributed by atoms with Gasteiger partial charge in [0.2, 0.25) is 0 Å². The van der Waals surface area contributed by atoms with Gasteiger partial charge in [-0.1, -0.05) is 44.5 Å². The van der Waals surface area contributed by atoms with Gasteiger partial charge < -0.3 is 5.73 Å². The first kappa shape index (κ1) is 13.3. The lowest BCUT2D eigenvalue weighted by Gasteiger charge is -2.25. The molecule has 2 nitrogen and oxygen atoms in total. The van der Waals surface area contributed by atoms with Gasteiger partial charge in [0, 0.05) is 18.0 Å². The van der Waals surface area contributed by atoms with Gasteiger partial charge in [-0.2, -0.15) is 0 Å². The van der Waals surface area contributed by atoms with Crippen LogP contribution in [0.1, 0.15) is 61.4 Å². The van der Waals surface area contributed by atoms with Crippen molar-refractivity contribution < 1.29 is 4.79 Å². The van der Waals surface area contributed by atoms with Gasteiger partial charge in [-0.3, -0.25) is 4.79 Å². The second kappa shape index (κ2) is 5.66. The van der Waals surface area contributed by atoms with Gasteiger partial charge in [0.25, 0.3) is 0 Å². The monoisotopic (exact) mass is 245 g/mol. The van der Waals surface area contributed by atoms with E-state index in [-0.39, 0.29) is 11.8 Å². The lowest BCUT2D eigenvalue weighted by atomic mass is 9.80. The predicted molar refractivity (Wildman–Crippen MR) is 74.8 cm³/mol. The van der Waals surface area contributed by atoms with Crippen LogP contribution in [0.2, 0.25) is 0 Å². The minimum absolute atomic E-state index is 0.0381. The summed E-state index contributed by atoms with van der Waals surface area (Å²) < 4.78 is 0. The number of Topliss-reactive ketones (excluding diaryl/α,β-unsaturated/α-hetero) is 1. The van der Waals surface area contributed by atoms with Crippen molar-refractivity contribution in [3.05, 3.63) is 35.4 Å². The molecule has 0 saturated heterocycles. The average Bonchev–Trinajstić information content (AvgIpc) is 2.27. The minimum atomic E-state index is -0.0381. The molecule has 2 N–H and O–H groups in total. The lowest BCUT2D eigenvalue weighted by molar-refractivity contribution is 0.0967. The third-order valence-electron chi connectivity index (χ3n) is 4.09. The van der Waals surface area contributed by atoms with Crippen LogP contribution in [0.15, 0.2) is 24.3 Å². The smallest absolute Gasteiger partial charge is 0.164 e. The van der Waals surface area contributed by atoms with Crippen molar-refractivity contribution in [2.75, 3.05) is 0 Å². The Hall–Kier alpha value is -1.15. The van der Waals surface area contributed by atoms with Crippen LogP contribution in [-0.2, 0) is 0 Å². The van der Waals surface area contributed by atoms with Crippen molar-refractivity contribution in [3.8, 4) is 0 Å². The number of hydrogen-bond acceptors (Lipinski definition) is 2. The SMILES string of the molecule is CC(C)C(N)CC(=O)c1ccc(C2CCC2)cc1. The number of hydrogen-bond donors (Lipinski definition) is 1. The molecule has 1 aromatic rings. The Kier molecular flexibility index (Phi) is 4.18. The zero-order valence-electron chi connectivity index (χ0n) is 11.4. The highest BCUT2D eigenvalue weighted by molar-refractivity contribution is 5.96. The first-order valence-electron chi connectivity index (χ1n) is 6.96. The third-order valence-corrected chi connectivity index (χ3v) is 4.09. The van der Waals surface area contributed by atoms with Crippen LogP contribution in [0, 0.1) is 5.92 Å². The maximum Gasteiger partial charge on any atom is 0.164 e. The summed E-state index contributed by atoms with van der Waals surface area (Å²) in [5, 5.41) is 0. The van der Waals surface area contributed by atoms with E-state index in [0.717, 1.165) is 11.5 Å². The highest BCUT2D eigenvalue weighted by Crippen LogP contribution is 2.36. The van der Waals surface area contributed by atoms with Crippen LogP contribution in [-0.4, -0.2) is 11.8 Å². The van der Waals surface area contributed by atoms with Crippen LogP contribution in [0.3, 0.4) is 0 Å². The van der Waals surface area contributed by atoms with Gasteiger partial charge in [-0.25, -0.2) is 0 Å². The van der Waals surface area contributed by atoms with E-state index in [0.29, 0.717) is 12.3 Å². The molecule has 0 heterocycles. The number of carbonyl (C=O) groups is 1. The van der Waals surface area contributed by atoms with Crippen molar-refractivity contribution in [1.29, 1.82) is 0 Å². The fourth-order valence-corrected chi connectivity index (χ4v) is 2.25. The van der Waals surface area contributed by atoms with Crippen molar-refractivity contribution in [2.45, 2.75) is 51.5 Å². The summed E-state index contributed by atoms with van der Waals surface area (Å²) >= 11 is 0. The Labute approximate surface area is 110 Å². The molecule has 0 radical (unpaired) electrons. The molecule has 1 aliphatic carbocycles. The van der Waals surface area contributed by atoms with Gasteiger partial charge in [-0.05, 0) is 30.2 Å². The molecule has 1 atom stereocenters. The molecule has 1 aliphatic rings. The Balaban J connectivity index is 1.98. The first-order chi connectivity index (χ1) is 8.58. The fraction of sp³-hybridized carbons (Fsp3) is 0.562. The molecule has 2 rings (SSSR count). The molecular formula is C16H23NO. The number of ketones is 1. The molecular weight excluding hydrogens is 222 g/mol. The summed E-state index contributed by atoms with van der Waals surface area (Å²) in [4.78, 5) is 12.0. The average molecular weight is 245 g/mol. The van der Waals surface area contributed by atoms with Gasteiger partial charge in [-0.15, -0.1) is 0 Å². The third kappa shape index (κ3) is 2.99. The number of benzene rings is 1. The topological polar surface area (TPSA) is 43.1 Å². The standard InChI is InChI=1S/C16H23NO/c1-11(2)15(17)10-16(18)14-8-6-13(7-9-14)12-4-3-5-12/h6-9,11-12,15H,3-5,10,17H2,1-2H3. The van der Waals surface area contributed by atoms with Crippen molar-refractivity contribution in [3.63, 3.8) is 0 Å². The summed E-state index contributed by atoms with van der Waals surface area (Å²) in [6.45, 7) is 4.11. The van der Waals surface area contributed by atoms with Crippen LogP contribution >= 0.6 is 0 Å². The Morgan fingerprint density at radius 1 is 1.28 bits per heavy atom. The number of nitrogens with two attached hydrogens (primary N) is 1. The molecule has 0 spiro atoms. The molecule has 2 heteroatoms. The van der Waals surface area contributed by atoms with Crippen molar-refractivity contribution >= 4 is 5.78 Å². The normalized spacial score (nSPS) is 17.6. The van der Waals surface area contributed by atoms with Crippen LogP contribution in [0.25, 0.3) is 0 Å². The maximum absolute atomic E-state index is 12.0. The molecule has 0 aromatic heterocycles. The van der Waals surface area contributed by atoms with Crippen LogP contribution < -0.4 is 5.73 Å². The molecule has 0 amide bonds. The van der Waals surface area contributed by atoms with E-state index >= 15 is 0 Å². The van der Waals surface area contributed by atoms with Gasteiger partial charge in [0.1, 0.15) is 0 Å². The summed E-state index contributed by atoms with van der Waals surface area (Å²) in [5.74, 6) is 1.24. The van der Waals surface area contributed by atoms with Crippen molar-refractivity contribution in [2.24, 2.45) is 11.7 Å². The molecule has 0 aliphatic heterocycles. The Morgan fingerprint density at radius 3 is 2.33 bits per heavy atom. The Morgan fingerprint density at radius 2 is 1.89 bits per heavy atom. The highest BCUT2D eigenvalue weighted by atomic mass is 16.1. The Bertz CT molecular complexity index is 404. The van der Waals surface area contributed by atoms with Gasteiger partial charge >= 0.3 is 0 Å². The molecule has 18 heavy (non-hydrogen) atoms. The van der Waals surface area contributed by atoms with Gasteiger partial charge in [0.15, 0.2) is 5.78 Å². The zero-order valence-corrected chi connectivity index (χ0v) is 11.4. The number of rotatable bonds is 5. The van der Waals surface area contributed by atoms with E-state index in [1.165, 1.54) is 24.8 Å². The van der Waals surface area contributed by atoms with Crippen LogP contribution in [0.5, 0.6) is 0 Å². The van der Waals surface area contributed by atoms with Crippen LogP contribution in [0.4, 0.5) is 0 Å². The predicted octanol–water partition coefficient (Wildman–Crippen LogP) is 3.51. The molecule has 1 saturated carbocycles. The van der Waals surface area contributed by atoms with E-state index in [2.05, 4.69) is 26.0 Å². The highest BCUT2D eigenvalue weighted by Gasteiger charge is 2.20. The summed E-state index contributed by atoms with van der Waals surface area (Å²) in [7, 11) is 0. The lowest BCUT2D eigenvalue weighted by Crippen LogP contribution is -2.29. The largest absolute Gasteiger partial charge is 0.327 e. The van der Waals surface area contributed by atoms with E-state index in [1.54, 1.807) is 0 Å². The first-order valence-corrected chi connectivity index (χ1v) is 6.96. The second-order valence-electron chi connectivity index (χ2n) is 5.79. The van der Waals surface area contributed by atoms with E-state index in [9.17, 15) is 4.79 Å². The zero-order chi connectivity index (χ0) is 13.1. The molecule has 0 bridgehead atoms. The molecule has 1 aromatic carbocycles. The summed E-state index contributed by atoms with van der Waals surface area (Å²) in [6, 6.07) is 8.10. The number of carbonyl (C=O) groups excluding carboxylic acids is 1. The van der Waals surface area contributed by atoms with E-state index in [1.807, 2.05) is 12.1 Å². The fourth-order valence-electron chi connectivity index (χ4n) is 2.25. The minimum Gasteiger partial charge on any atom is -0.327 e. The van der Waals surface area contributed by atoms with Gasteiger partial charge in [0.05, 0.1) is 0 Å². The summed E-state index contributed by atoms with van der Waals surface area (Å²) in [5.41, 5.74) is 8.12.